The first-order chi connectivity index (χ1) is 9.28. The second-order valence-corrected chi connectivity index (χ2v) is 4.99. The highest BCUT2D eigenvalue weighted by molar-refractivity contribution is 7.15. The molecule has 19 heavy (non-hydrogen) atoms. The molecule has 0 saturated carbocycles. The van der Waals surface area contributed by atoms with Crippen LogP contribution in [0.2, 0.25) is 0 Å². The summed E-state index contributed by atoms with van der Waals surface area (Å²) in [5, 5.41) is 11.8. The molecule has 6 heteroatoms. The Balaban J connectivity index is 1.90. The smallest absolute Gasteiger partial charge is 0.413 e. The Morgan fingerprint density at radius 3 is 2.84 bits per heavy atom. The Morgan fingerprint density at radius 1 is 1.32 bits per heavy atom. The van der Waals surface area contributed by atoms with Crippen molar-refractivity contribution >= 4 is 22.6 Å². The van der Waals surface area contributed by atoms with Gasteiger partial charge in [-0.15, -0.1) is 10.2 Å². The third-order valence-electron chi connectivity index (χ3n) is 2.31. The molecule has 0 aliphatic carbocycles. The first kappa shape index (κ1) is 13.5. The maximum absolute atomic E-state index is 11.3. The van der Waals surface area contributed by atoms with Crippen LogP contribution >= 0.6 is 11.3 Å². The largest absolute Gasteiger partial charge is 0.449 e. The third-order valence-corrected chi connectivity index (χ3v) is 3.15. The number of aromatic nitrogens is 2. The Bertz CT molecular complexity index is 528. The molecule has 0 saturated heterocycles. The lowest BCUT2D eigenvalue weighted by Gasteiger charge is -2.01. The fourth-order valence-corrected chi connectivity index (χ4v) is 2.22. The monoisotopic (exact) mass is 277 g/mol. The van der Waals surface area contributed by atoms with E-state index in [4.69, 9.17) is 4.74 Å². The second kappa shape index (κ2) is 6.84. The van der Waals surface area contributed by atoms with Crippen LogP contribution in [0.4, 0.5) is 9.93 Å². The van der Waals surface area contributed by atoms with E-state index in [0.717, 1.165) is 11.4 Å². The predicted octanol–water partition coefficient (Wildman–Crippen LogP) is 3.09. The van der Waals surface area contributed by atoms with Gasteiger partial charge in [0.2, 0.25) is 5.13 Å². The first-order valence-corrected chi connectivity index (χ1v) is 6.89. The van der Waals surface area contributed by atoms with Crippen molar-refractivity contribution in [2.75, 3.05) is 11.9 Å². The number of carbonyl (C=O) groups excluding carboxylic acids is 1. The fourth-order valence-electron chi connectivity index (χ4n) is 1.46. The van der Waals surface area contributed by atoms with Gasteiger partial charge < -0.3 is 4.74 Å². The van der Waals surface area contributed by atoms with E-state index in [0.29, 0.717) is 18.2 Å². The van der Waals surface area contributed by atoms with Crippen molar-refractivity contribution in [3.8, 4) is 0 Å². The van der Waals surface area contributed by atoms with E-state index in [-0.39, 0.29) is 0 Å². The van der Waals surface area contributed by atoms with Crippen LogP contribution in [0.25, 0.3) is 0 Å². The molecule has 0 radical (unpaired) electrons. The molecule has 0 aliphatic heterocycles. The maximum atomic E-state index is 11.3. The molecule has 1 amide bonds. The van der Waals surface area contributed by atoms with Gasteiger partial charge in [-0.25, -0.2) is 4.79 Å². The molecular formula is C13H15N3O2S. The van der Waals surface area contributed by atoms with Crippen LogP contribution in [0.1, 0.15) is 23.9 Å². The zero-order chi connectivity index (χ0) is 13.5. The minimum absolute atomic E-state index is 0.404. The van der Waals surface area contributed by atoms with Crippen molar-refractivity contribution in [2.45, 2.75) is 19.8 Å². The van der Waals surface area contributed by atoms with Crippen LogP contribution in [-0.2, 0) is 11.2 Å². The van der Waals surface area contributed by atoms with E-state index in [1.54, 1.807) is 0 Å². The Kier molecular flexibility index (Phi) is 4.85. The molecule has 100 valence electrons. The van der Waals surface area contributed by atoms with Gasteiger partial charge in [0.15, 0.2) is 0 Å². The molecule has 1 aromatic carbocycles. The van der Waals surface area contributed by atoms with Crippen molar-refractivity contribution in [1.29, 1.82) is 0 Å². The van der Waals surface area contributed by atoms with Crippen molar-refractivity contribution in [1.82, 2.24) is 10.2 Å². The SMILES string of the molecule is CCCOC(=O)Nc1nnc(Cc2ccccc2)s1. The fraction of sp³-hybridized carbons (Fsp3) is 0.308. The van der Waals surface area contributed by atoms with Crippen LogP contribution in [0.3, 0.4) is 0 Å². The molecular weight excluding hydrogens is 262 g/mol. The molecule has 5 nitrogen and oxygen atoms in total. The Morgan fingerprint density at radius 2 is 2.11 bits per heavy atom. The van der Waals surface area contributed by atoms with Gasteiger partial charge in [-0.3, -0.25) is 5.32 Å². The standard InChI is InChI=1S/C13H15N3O2S/c1-2-8-18-13(17)14-12-16-15-11(19-12)9-10-6-4-3-5-7-10/h3-7H,2,8-9H2,1H3,(H,14,16,17). The lowest BCUT2D eigenvalue weighted by Crippen LogP contribution is -2.13. The number of carbonyl (C=O) groups is 1. The van der Waals surface area contributed by atoms with E-state index in [2.05, 4.69) is 15.5 Å². The summed E-state index contributed by atoms with van der Waals surface area (Å²) in [5.41, 5.74) is 1.17. The van der Waals surface area contributed by atoms with Gasteiger partial charge in [-0.05, 0) is 12.0 Å². The first-order valence-electron chi connectivity index (χ1n) is 6.08. The Hall–Kier alpha value is -1.95. The molecule has 0 spiro atoms. The lowest BCUT2D eigenvalue weighted by atomic mass is 10.2. The number of rotatable bonds is 5. The molecule has 0 atom stereocenters. The van der Waals surface area contributed by atoms with Crippen LogP contribution in [0.5, 0.6) is 0 Å². The maximum Gasteiger partial charge on any atom is 0.413 e. The van der Waals surface area contributed by atoms with Gasteiger partial charge in [0, 0.05) is 6.42 Å². The highest BCUT2D eigenvalue weighted by Gasteiger charge is 2.08. The molecule has 1 aromatic heterocycles. The number of benzene rings is 1. The Labute approximate surface area is 115 Å². The van der Waals surface area contributed by atoms with Crippen LogP contribution in [0.15, 0.2) is 30.3 Å². The summed E-state index contributed by atoms with van der Waals surface area (Å²) >= 11 is 1.36. The normalized spacial score (nSPS) is 10.2. The number of nitrogens with zero attached hydrogens (tertiary/aromatic N) is 2. The molecule has 0 bridgehead atoms. The van der Waals surface area contributed by atoms with Gasteiger partial charge in [-0.1, -0.05) is 48.6 Å². The number of hydrogen-bond acceptors (Lipinski definition) is 5. The molecule has 0 unspecified atom stereocenters. The molecule has 1 N–H and O–H groups in total. The summed E-state index contributed by atoms with van der Waals surface area (Å²) in [6.45, 7) is 2.34. The second-order valence-electron chi connectivity index (χ2n) is 3.92. The number of nitrogens with one attached hydrogen (secondary N) is 1. The van der Waals surface area contributed by atoms with Crippen molar-refractivity contribution in [3.05, 3.63) is 40.9 Å². The van der Waals surface area contributed by atoms with Crippen LogP contribution in [0, 0.1) is 0 Å². The average molecular weight is 277 g/mol. The van der Waals surface area contributed by atoms with E-state index in [1.807, 2.05) is 37.3 Å². The molecule has 2 rings (SSSR count). The number of amides is 1. The number of ether oxygens (including phenoxy) is 1. The topological polar surface area (TPSA) is 64.1 Å². The molecule has 0 fully saturated rings. The van der Waals surface area contributed by atoms with Crippen molar-refractivity contribution < 1.29 is 9.53 Å². The van der Waals surface area contributed by atoms with Gasteiger partial charge in [-0.2, -0.15) is 0 Å². The van der Waals surface area contributed by atoms with Gasteiger partial charge in [0.05, 0.1) is 6.61 Å². The van der Waals surface area contributed by atoms with Crippen LogP contribution in [-0.4, -0.2) is 22.9 Å². The zero-order valence-corrected chi connectivity index (χ0v) is 11.4. The van der Waals surface area contributed by atoms with E-state index in [9.17, 15) is 4.79 Å². The minimum atomic E-state index is -0.482. The molecule has 0 aliphatic rings. The third kappa shape index (κ3) is 4.33. The van der Waals surface area contributed by atoms with Gasteiger partial charge in [0.1, 0.15) is 5.01 Å². The summed E-state index contributed by atoms with van der Waals surface area (Å²) in [4.78, 5) is 11.3. The highest BCUT2D eigenvalue weighted by atomic mass is 32.1. The minimum Gasteiger partial charge on any atom is -0.449 e. The van der Waals surface area contributed by atoms with Crippen molar-refractivity contribution in [3.63, 3.8) is 0 Å². The highest BCUT2D eigenvalue weighted by Crippen LogP contribution is 2.18. The average Bonchev–Trinajstić information content (AvgIpc) is 2.85. The summed E-state index contributed by atoms with van der Waals surface area (Å²) < 4.78 is 4.91. The summed E-state index contributed by atoms with van der Waals surface area (Å²) in [5.74, 6) is 0. The molecule has 1 heterocycles. The van der Waals surface area contributed by atoms with Gasteiger partial charge in [0.25, 0.3) is 0 Å². The zero-order valence-electron chi connectivity index (χ0n) is 10.6. The quantitative estimate of drug-likeness (QED) is 0.912. The summed E-state index contributed by atoms with van der Waals surface area (Å²) in [6.07, 6.45) is 1.02. The summed E-state index contributed by atoms with van der Waals surface area (Å²) in [7, 11) is 0. The number of hydrogen-bond donors (Lipinski definition) is 1. The number of anilines is 1. The van der Waals surface area contributed by atoms with E-state index < -0.39 is 6.09 Å². The van der Waals surface area contributed by atoms with Crippen LogP contribution < -0.4 is 5.32 Å². The van der Waals surface area contributed by atoms with Crippen molar-refractivity contribution in [2.24, 2.45) is 0 Å². The van der Waals surface area contributed by atoms with E-state index >= 15 is 0 Å². The lowest BCUT2D eigenvalue weighted by molar-refractivity contribution is 0.161. The van der Waals surface area contributed by atoms with Gasteiger partial charge >= 0.3 is 6.09 Å². The predicted molar refractivity (Wildman–Crippen MR) is 74.4 cm³/mol. The van der Waals surface area contributed by atoms with E-state index in [1.165, 1.54) is 16.9 Å². The summed E-state index contributed by atoms with van der Waals surface area (Å²) in [6, 6.07) is 10.0. The molecule has 2 aromatic rings.